The van der Waals surface area contributed by atoms with Crippen molar-refractivity contribution in [3.8, 4) is 0 Å². The topological polar surface area (TPSA) is 105 Å². The molecule has 29 heavy (non-hydrogen) atoms. The van der Waals surface area contributed by atoms with Crippen LogP contribution in [-0.4, -0.2) is 73.8 Å². The molecule has 0 aliphatic heterocycles. The number of carbonyl (C=O) groups excluding carboxylic acids is 4. The van der Waals surface area contributed by atoms with E-state index in [0.717, 1.165) is 0 Å². The van der Waals surface area contributed by atoms with Crippen molar-refractivity contribution in [2.45, 2.75) is 25.7 Å². The highest BCUT2D eigenvalue weighted by molar-refractivity contribution is 6.64. The molecule has 0 radical (unpaired) electrons. The Morgan fingerprint density at radius 1 is 0.483 bits per heavy atom. The van der Waals surface area contributed by atoms with Crippen LogP contribution in [0.5, 0.6) is 0 Å². The van der Waals surface area contributed by atoms with Gasteiger partial charge in [0.2, 0.25) is 21.0 Å². The molecule has 0 atom stereocenters. The Bertz CT molecular complexity index is 436. The Balaban J connectivity index is 4.94. The fourth-order valence-corrected chi connectivity index (χ4v) is 2.32. The van der Waals surface area contributed by atoms with E-state index in [1.807, 2.05) is 0 Å². The molecule has 12 heteroatoms. The van der Waals surface area contributed by atoms with E-state index >= 15 is 0 Å². The van der Waals surface area contributed by atoms with Gasteiger partial charge in [-0.2, -0.15) is 0 Å². The van der Waals surface area contributed by atoms with Crippen LogP contribution in [0, 0.1) is 5.41 Å². The van der Waals surface area contributed by atoms with E-state index in [4.69, 9.17) is 65.4 Å². The predicted molar refractivity (Wildman–Crippen MR) is 108 cm³/mol. The summed E-state index contributed by atoms with van der Waals surface area (Å²) in [7, 11) is 0. The number of halogens is 4. The largest absolute Gasteiger partial charge is 0.380 e. The number of carbonyl (C=O) groups is 4. The molecule has 0 bridgehead atoms. The highest BCUT2D eigenvalue weighted by atomic mass is 35.5. The van der Waals surface area contributed by atoms with Crippen LogP contribution in [0.15, 0.2) is 0 Å². The number of hydrogen-bond donors (Lipinski definition) is 0. The zero-order chi connectivity index (χ0) is 22.1. The minimum Gasteiger partial charge on any atom is -0.380 e. The van der Waals surface area contributed by atoms with Crippen molar-refractivity contribution in [2.75, 3.05) is 52.9 Å². The van der Waals surface area contributed by atoms with E-state index in [1.54, 1.807) is 0 Å². The average molecular weight is 498 g/mol. The summed E-state index contributed by atoms with van der Waals surface area (Å²) in [6.45, 7) is 0.556. The summed E-state index contributed by atoms with van der Waals surface area (Å²) in [5, 5.41) is -2.16. The van der Waals surface area contributed by atoms with Crippen LogP contribution in [0.4, 0.5) is 0 Å². The third-order valence-electron chi connectivity index (χ3n) is 3.40. The van der Waals surface area contributed by atoms with Gasteiger partial charge in [-0.05, 0) is 46.4 Å². The molecule has 0 N–H and O–H groups in total. The Kier molecular flexibility index (Phi) is 17.2. The van der Waals surface area contributed by atoms with Gasteiger partial charge in [0.15, 0.2) is 0 Å². The van der Waals surface area contributed by atoms with Crippen molar-refractivity contribution in [2.24, 2.45) is 5.41 Å². The lowest BCUT2D eigenvalue weighted by Gasteiger charge is -2.33. The minimum absolute atomic E-state index is 0.0163. The standard InChI is InChI=1S/C17H24Cl4O8/c18-13(22)1-5-26-9-17(10-27-6-2-14(19)23,11-28-7-3-15(20)24)12-29-8-4-16(21)25/h1-12H2. The van der Waals surface area contributed by atoms with Gasteiger partial charge in [0, 0.05) is 25.7 Å². The third-order valence-corrected chi connectivity index (χ3v) is 4.16. The highest BCUT2D eigenvalue weighted by Gasteiger charge is 2.33. The van der Waals surface area contributed by atoms with Crippen LogP contribution < -0.4 is 0 Å². The fraction of sp³-hybridized carbons (Fsp3) is 0.765. The molecule has 0 rings (SSSR count). The van der Waals surface area contributed by atoms with Crippen LogP contribution >= 0.6 is 46.4 Å². The fourth-order valence-electron chi connectivity index (χ4n) is 2.01. The zero-order valence-electron chi connectivity index (χ0n) is 15.8. The van der Waals surface area contributed by atoms with E-state index < -0.39 is 26.4 Å². The maximum atomic E-state index is 10.9. The molecule has 0 unspecified atom stereocenters. The SMILES string of the molecule is O=C(Cl)CCOCC(COCCC(=O)Cl)(COCCC(=O)Cl)COCCC(=O)Cl. The van der Waals surface area contributed by atoms with Gasteiger partial charge in [0.1, 0.15) is 0 Å². The molecule has 8 nitrogen and oxygen atoms in total. The van der Waals surface area contributed by atoms with Gasteiger partial charge in [0.25, 0.3) is 0 Å². The van der Waals surface area contributed by atoms with Gasteiger partial charge in [-0.25, -0.2) is 0 Å². The van der Waals surface area contributed by atoms with Crippen LogP contribution in [0.3, 0.4) is 0 Å². The maximum Gasteiger partial charge on any atom is 0.223 e. The summed E-state index contributed by atoms with van der Waals surface area (Å²) in [6.07, 6.45) is 0.0653. The van der Waals surface area contributed by atoms with Gasteiger partial charge < -0.3 is 18.9 Å². The normalized spacial score (nSPS) is 11.4. The molecule has 0 aromatic heterocycles. The van der Waals surface area contributed by atoms with Crippen molar-refractivity contribution < 1.29 is 38.1 Å². The lowest BCUT2D eigenvalue weighted by Crippen LogP contribution is -2.42. The quantitative estimate of drug-likeness (QED) is 0.187. The predicted octanol–water partition coefficient (Wildman–Crippen LogP) is 2.66. The maximum absolute atomic E-state index is 10.9. The van der Waals surface area contributed by atoms with Crippen molar-refractivity contribution in [3.63, 3.8) is 0 Å². The lowest BCUT2D eigenvalue weighted by atomic mass is 9.92. The first-order valence-electron chi connectivity index (χ1n) is 8.71. The molecule has 0 amide bonds. The summed E-state index contributed by atoms with van der Waals surface area (Å²) in [6, 6.07) is 0. The molecule has 0 aliphatic carbocycles. The monoisotopic (exact) mass is 496 g/mol. The van der Waals surface area contributed by atoms with E-state index in [1.165, 1.54) is 0 Å². The zero-order valence-corrected chi connectivity index (χ0v) is 18.8. The second kappa shape index (κ2) is 17.4. The Labute approximate surface area is 189 Å². The number of hydrogen-bond acceptors (Lipinski definition) is 8. The van der Waals surface area contributed by atoms with E-state index in [9.17, 15) is 19.2 Å². The van der Waals surface area contributed by atoms with E-state index in [0.29, 0.717) is 0 Å². The molecule has 0 fully saturated rings. The van der Waals surface area contributed by atoms with Gasteiger partial charge >= 0.3 is 0 Å². The first-order valence-corrected chi connectivity index (χ1v) is 10.2. The van der Waals surface area contributed by atoms with Crippen LogP contribution in [0.2, 0.25) is 0 Å². The van der Waals surface area contributed by atoms with E-state index in [2.05, 4.69) is 0 Å². The summed E-state index contributed by atoms with van der Waals surface area (Å²) < 4.78 is 22.1. The van der Waals surface area contributed by atoms with Gasteiger partial charge in [-0.3, -0.25) is 19.2 Å². The molecule has 0 aromatic rings. The van der Waals surface area contributed by atoms with Crippen molar-refractivity contribution in [1.82, 2.24) is 0 Å². The molecule has 0 aliphatic rings. The van der Waals surface area contributed by atoms with Gasteiger partial charge in [0.05, 0.1) is 58.3 Å². The lowest BCUT2D eigenvalue weighted by molar-refractivity contribution is -0.121. The number of rotatable bonds is 20. The molecule has 0 heterocycles. The van der Waals surface area contributed by atoms with Crippen molar-refractivity contribution >= 4 is 67.4 Å². The van der Waals surface area contributed by atoms with Crippen LogP contribution in [-0.2, 0) is 38.1 Å². The molecular formula is C17H24Cl4O8. The minimum atomic E-state index is -0.852. The Hall–Kier alpha value is -0.320. The van der Waals surface area contributed by atoms with Crippen LogP contribution in [0.25, 0.3) is 0 Å². The second-order valence-corrected chi connectivity index (χ2v) is 7.82. The Morgan fingerprint density at radius 3 is 0.862 bits per heavy atom. The Morgan fingerprint density at radius 2 is 0.690 bits per heavy atom. The second-order valence-electron chi connectivity index (χ2n) is 6.13. The van der Waals surface area contributed by atoms with E-state index in [-0.39, 0.29) is 78.5 Å². The molecule has 0 saturated carbocycles. The summed E-state index contributed by atoms with van der Waals surface area (Å²) in [4.78, 5) is 43.5. The molecular weight excluding hydrogens is 474 g/mol. The summed E-state index contributed by atoms with van der Waals surface area (Å²) >= 11 is 21.2. The summed E-state index contributed by atoms with van der Waals surface area (Å²) in [5.41, 5.74) is -0.852. The smallest absolute Gasteiger partial charge is 0.223 e. The molecule has 0 aromatic carbocycles. The average Bonchev–Trinajstić information content (AvgIpc) is 2.62. The van der Waals surface area contributed by atoms with Gasteiger partial charge in [-0.1, -0.05) is 0 Å². The third kappa shape index (κ3) is 18.2. The van der Waals surface area contributed by atoms with Crippen LogP contribution in [0.1, 0.15) is 25.7 Å². The van der Waals surface area contributed by atoms with Crippen molar-refractivity contribution in [1.29, 1.82) is 0 Å². The molecule has 0 saturated heterocycles. The molecule has 0 spiro atoms. The van der Waals surface area contributed by atoms with Crippen molar-refractivity contribution in [3.05, 3.63) is 0 Å². The highest BCUT2D eigenvalue weighted by Crippen LogP contribution is 2.22. The number of ether oxygens (including phenoxy) is 4. The first kappa shape index (κ1) is 28.7. The molecule has 168 valence electrons. The summed E-state index contributed by atoms with van der Waals surface area (Å²) in [5.74, 6) is 0. The van der Waals surface area contributed by atoms with Gasteiger partial charge in [-0.15, -0.1) is 0 Å². The first-order chi connectivity index (χ1) is 13.7.